The predicted octanol–water partition coefficient (Wildman–Crippen LogP) is 1.69. The zero-order chi connectivity index (χ0) is 12.4. The number of aromatic amines is 1. The molecule has 0 bridgehead atoms. The number of H-pyrrole nitrogens is 1. The number of nitrogens with one attached hydrogen (secondary N) is 2. The highest BCUT2D eigenvalue weighted by Gasteiger charge is 2.15. The number of hydrogen-bond acceptors (Lipinski definition) is 3. The van der Waals surface area contributed by atoms with Crippen molar-refractivity contribution in [2.24, 2.45) is 0 Å². The van der Waals surface area contributed by atoms with Gasteiger partial charge >= 0.3 is 0 Å². The van der Waals surface area contributed by atoms with E-state index in [2.05, 4.69) is 45.7 Å². The van der Waals surface area contributed by atoms with Gasteiger partial charge in [-0.3, -0.25) is 5.10 Å². The van der Waals surface area contributed by atoms with Gasteiger partial charge in [-0.1, -0.05) is 12.1 Å². The number of aromatic nitrogens is 2. The van der Waals surface area contributed by atoms with Crippen molar-refractivity contribution in [2.45, 2.75) is 19.5 Å². The van der Waals surface area contributed by atoms with Gasteiger partial charge in [-0.05, 0) is 23.6 Å². The number of benzene rings is 1. The van der Waals surface area contributed by atoms with Gasteiger partial charge in [0.1, 0.15) is 0 Å². The highest BCUT2D eigenvalue weighted by Crippen LogP contribution is 2.27. The van der Waals surface area contributed by atoms with Crippen LogP contribution in [0.2, 0.25) is 0 Å². The number of fused-ring (bicyclic) bond motifs is 1. The van der Waals surface area contributed by atoms with Crippen LogP contribution < -0.4 is 10.2 Å². The number of hydrogen-bond donors (Lipinski definition) is 2. The molecule has 0 amide bonds. The molecule has 1 aromatic heterocycles. The molecule has 2 N–H and O–H groups in total. The second kappa shape index (κ2) is 4.82. The Morgan fingerprint density at radius 3 is 3.06 bits per heavy atom. The Balaban J connectivity index is 1.60. The van der Waals surface area contributed by atoms with Crippen molar-refractivity contribution in [3.05, 3.63) is 47.3 Å². The molecule has 94 valence electrons. The first kappa shape index (κ1) is 11.3. The standard InChI is InChI=1S/C14H18N4/c1-18-5-4-13-6-11(2-3-14(13)18)7-15-8-12-9-16-17-10-12/h2-3,6,9-10,15H,4-5,7-8H2,1H3,(H,16,17). The molecule has 4 heteroatoms. The third kappa shape index (κ3) is 2.24. The van der Waals surface area contributed by atoms with Crippen LogP contribution in [0.4, 0.5) is 5.69 Å². The molecule has 0 radical (unpaired) electrons. The fourth-order valence-corrected chi connectivity index (χ4v) is 2.46. The first-order valence-electron chi connectivity index (χ1n) is 6.34. The Labute approximate surface area is 107 Å². The van der Waals surface area contributed by atoms with E-state index in [-0.39, 0.29) is 0 Å². The summed E-state index contributed by atoms with van der Waals surface area (Å²) in [6, 6.07) is 6.77. The van der Waals surface area contributed by atoms with E-state index in [9.17, 15) is 0 Å². The molecule has 1 aliphatic rings. The minimum atomic E-state index is 0.855. The van der Waals surface area contributed by atoms with Gasteiger partial charge in [0.2, 0.25) is 0 Å². The molecule has 0 atom stereocenters. The van der Waals surface area contributed by atoms with E-state index in [0.29, 0.717) is 0 Å². The maximum Gasteiger partial charge on any atom is 0.0532 e. The maximum atomic E-state index is 3.93. The molecule has 1 aliphatic heterocycles. The summed E-state index contributed by atoms with van der Waals surface area (Å²) in [4.78, 5) is 2.32. The number of anilines is 1. The van der Waals surface area contributed by atoms with Crippen LogP contribution in [-0.4, -0.2) is 23.8 Å². The molecule has 3 rings (SSSR count). The molecule has 0 unspecified atom stereocenters. The summed E-state index contributed by atoms with van der Waals surface area (Å²) >= 11 is 0. The molecule has 0 spiro atoms. The van der Waals surface area contributed by atoms with Gasteiger partial charge in [-0.2, -0.15) is 5.10 Å². The summed E-state index contributed by atoms with van der Waals surface area (Å²) < 4.78 is 0. The lowest BCUT2D eigenvalue weighted by Gasteiger charge is -2.12. The summed E-state index contributed by atoms with van der Waals surface area (Å²) in [5.41, 5.74) is 5.40. The summed E-state index contributed by atoms with van der Waals surface area (Å²) in [7, 11) is 2.16. The fourth-order valence-electron chi connectivity index (χ4n) is 2.46. The molecule has 18 heavy (non-hydrogen) atoms. The molecule has 1 aromatic carbocycles. The van der Waals surface area contributed by atoms with E-state index in [1.807, 2.05) is 12.4 Å². The lowest BCUT2D eigenvalue weighted by Crippen LogP contribution is -2.13. The summed E-state index contributed by atoms with van der Waals surface area (Å²) in [5.74, 6) is 0. The molecular formula is C14H18N4. The highest BCUT2D eigenvalue weighted by atomic mass is 15.1. The fraction of sp³-hybridized carbons (Fsp3) is 0.357. The molecule has 4 nitrogen and oxygen atoms in total. The zero-order valence-corrected chi connectivity index (χ0v) is 10.6. The highest BCUT2D eigenvalue weighted by molar-refractivity contribution is 5.58. The molecule has 0 saturated carbocycles. The van der Waals surface area contributed by atoms with E-state index in [4.69, 9.17) is 0 Å². The predicted molar refractivity (Wildman–Crippen MR) is 72.5 cm³/mol. The summed E-state index contributed by atoms with van der Waals surface area (Å²) in [6.07, 6.45) is 4.94. The third-order valence-corrected chi connectivity index (χ3v) is 3.48. The van der Waals surface area contributed by atoms with Crippen molar-refractivity contribution < 1.29 is 0 Å². The van der Waals surface area contributed by atoms with Crippen molar-refractivity contribution in [1.29, 1.82) is 0 Å². The van der Waals surface area contributed by atoms with E-state index in [0.717, 1.165) is 19.6 Å². The third-order valence-electron chi connectivity index (χ3n) is 3.48. The Bertz CT molecular complexity index is 519. The summed E-state index contributed by atoms with van der Waals surface area (Å²) in [5, 5.41) is 10.2. The van der Waals surface area contributed by atoms with Crippen molar-refractivity contribution in [2.75, 3.05) is 18.5 Å². The van der Waals surface area contributed by atoms with Gasteiger partial charge in [-0.15, -0.1) is 0 Å². The first-order chi connectivity index (χ1) is 8.83. The van der Waals surface area contributed by atoms with Crippen LogP contribution in [0.25, 0.3) is 0 Å². The lowest BCUT2D eigenvalue weighted by molar-refractivity contribution is 0.693. The SMILES string of the molecule is CN1CCc2cc(CNCc3cn[nH]c3)ccc21. The Hall–Kier alpha value is -1.81. The van der Waals surface area contributed by atoms with Gasteiger partial charge in [0.15, 0.2) is 0 Å². The van der Waals surface area contributed by atoms with E-state index >= 15 is 0 Å². The average molecular weight is 242 g/mol. The quantitative estimate of drug-likeness (QED) is 0.857. The van der Waals surface area contributed by atoms with Gasteiger partial charge < -0.3 is 10.2 Å². The maximum absolute atomic E-state index is 3.93. The minimum absolute atomic E-state index is 0.855. The van der Waals surface area contributed by atoms with Crippen LogP contribution in [-0.2, 0) is 19.5 Å². The van der Waals surface area contributed by atoms with Gasteiger partial charge in [-0.25, -0.2) is 0 Å². The van der Waals surface area contributed by atoms with Gasteiger partial charge in [0.05, 0.1) is 6.20 Å². The average Bonchev–Trinajstić information content (AvgIpc) is 3.00. The Kier molecular flexibility index (Phi) is 3.02. The minimum Gasteiger partial charge on any atom is -0.374 e. The van der Waals surface area contributed by atoms with Crippen molar-refractivity contribution in [3.63, 3.8) is 0 Å². The Morgan fingerprint density at radius 1 is 1.33 bits per heavy atom. The van der Waals surface area contributed by atoms with Crippen molar-refractivity contribution in [1.82, 2.24) is 15.5 Å². The largest absolute Gasteiger partial charge is 0.374 e. The van der Waals surface area contributed by atoms with Crippen LogP contribution >= 0.6 is 0 Å². The molecular weight excluding hydrogens is 224 g/mol. The van der Waals surface area contributed by atoms with Crippen LogP contribution in [0.15, 0.2) is 30.6 Å². The number of nitrogens with zero attached hydrogens (tertiary/aromatic N) is 2. The number of rotatable bonds is 4. The van der Waals surface area contributed by atoms with Crippen LogP contribution in [0.1, 0.15) is 16.7 Å². The molecule has 2 heterocycles. The molecule has 2 aromatic rings. The molecule has 0 saturated heterocycles. The second-order valence-corrected chi connectivity index (χ2v) is 4.84. The first-order valence-corrected chi connectivity index (χ1v) is 6.34. The normalized spacial score (nSPS) is 13.9. The second-order valence-electron chi connectivity index (χ2n) is 4.84. The van der Waals surface area contributed by atoms with Crippen LogP contribution in [0.5, 0.6) is 0 Å². The number of likely N-dealkylation sites (N-methyl/N-ethyl adjacent to an activating group) is 1. The molecule has 0 fully saturated rings. The zero-order valence-electron chi connectivity index (χ0n) is 10.6. The van der Waals surface area contributed by atoms with Crippen LogP contribution in [0, 0.1) is 0 Å². The lowest BCUT2D eigenvalue weighted by atomic mass is 10.1. The van der Waals surface area contributed by atoms with E-state index in [1.165, 1.54) is 28.8 Å². The van der Waals surface area contributed by atoms with E-state index in [1.54, 1.807) is 0 Å². The molecule has 0 aliphatic carbocycles. The van der Waals surface area contributed by atoms with Gasteiger partial charge in [0, 0.05) is 44.1 Å². The summed E-state index contributed by atoms with van der Waals surface area (Å²) in [6.45, 7) is 2.90. The Morgan fingerprint density at radius 2 is 2.22 bits per heavy atom. The smallest absolute Gasteiger partial charge is 0.0532 e. The van der Waals surface area contributed by atoms with Crippen molar-refractivity contribution >= 4 is 5.69 Å². The van der Waals surface area contributed by atoms with Gasteiger partial charge in [0.25, 0.3) is 0 Å². The van der Waals surface area contributed by atoms with Crippen LogP contribution in [0.3, 0.4) is 0 Å². The van der Waals surface area contributed by atoms with E-state index < -0.39 is 0 Å². The van der Waals surface area contributed by atoms with Crippen molar-refractivity contribution in [3.8, 4) is 0 Å². The topological polar surface area (TPSA) is 44.0 Å². The monoisotopic (exact) mass is 242 g/mol.